The third-order valence-electron chi connectivity index (χ3n) is 3.79. The van der Waals surface area contributed by atoms with Crippen molar-refractivity contribution in [2.75, 3.05) is 13.3 Å². The van der Waals surface area contributed by atoms with E-state index in [1.807, 2.05) is 0 Å². The predicted molar refractivity (Wildman–Crippen MR) is 94.0 cm³/mol. The van der Waals surface area contributed by atoms with Crippen molar-refractivity contribution in [3.8, 4) is 11.5 Å². The van der Waals surface area contributed by atoms with Gasteiger partial charge in [0.15, 0.2) is 17.3 Å². The minimum absolute atomic E-state index is 0.0336. The Hall–Kier alpha value is -3.75. The van der Waals surface area contributed by atoms with Gasteiger partial charge in [0.1, 0.15) is 5.70 Å². The molecule has 0 unspecified atom stereocenters. The average molecular weight is 385 g/mol. The molecule has 0 aliphatic carbocycles. The Morgan fingerprint density at radius 2 is 1.96 bits per heavy atom. The predicted octanol–water partition coefficient (Wildman–Crippen LogP) is 0.426. The fraction of sp³-hybridized carbons (Fsp3) is 0.211. The molecule has 0 saturated carbocycles. The molecule has 2 heterocycles. The Kier molecular flexibility index (Phi) is 5.95. The second kappa shape index (κ2) is 8.76. The van der Waals surface area contributed by atoms with E-state index in [4.69, 9.17) is 13.9 Å². The van der Waals surface area contributed by atoms with Crippen molar-refractivity contribution in [2.45, 2.75) is 12.8 Å². The smallest absolute Gasteiger partial charge is 0.291 e. The van der Waals surface area contributed by atoms with Gasteiger partial charge in [-0.05, 0) is 48.7 Å². The SMILES string of the molecule is O=C([O-])CCCNC(=O)/C(=C/c1ccc2c(c1)OCO2)NC(=O)c1ccco1. The number of amides is 2. The number of carbonyl (C=O) groups is 3. The molecule has 1 aliphatic rings. The highest BCUT2D eigenvalue weighted by atomic mass is 16.7. The molecule has 1 aromatic carbocycles. The first kappa shape index (κ1) is 19.0. The van der Waals surface area contributed by atoms with Gasteiger partial charge in [0.05, 0.1) is 6.26 Å². The number of rotatable bonds is 8. The molecule has 9 heteroatoms. The second-order valence-corrected chi connectivity index (χ2v) is 5.83. The minimum Gasteiger partial charge on any atom is -0.550 e. The second-order valence-electron chi connectivity index (χ2n) is 5.83. The summed E-state index contributed by atoms with van der Waals surface area (Å²) in [4.78, 5) is 35.2. The monoisotopic (exact) mass is 385 g/mol. The van der Waals surface area contributed by atoms with Crippen LogP contribution in [0.5, 0.6) is 11.5 Å². The summed E-state index contributed by atoms with van der Waals surface area (Å²) in [5, 5.41) is 15.5. The maximum atomic E-state index is 12.5. The van der Waals surface area contributed by atoms with Gasteiger partial charge < -0.3 is 34.4 Å². The number of benzene rings is 1. The summed E-state index contributed by atoms with van der Waals surface area (Å²) in [5.74, 6) is -1.21. The number of aliphatic carboxylic acids is 1. The maximum Gasteiger partial charge on any atom is 0.291 e. The lowest BCUT2D eigenvalue weighted by Gasteiger charge is -2.11. The summed E-state index contributed by atoms with van der Waals surface area (Å²) >= 11 is 0. The van der Waals surface area contributed by atoms with Crippen molar-refractivity contribution in [1.29, 1.82) is 0 Å². The summed E-state index contributed by atoms with van der Waals surface area (Å²) in [6.07, 6.45) is 2.84. The highest BCUT2D eigenvalue weighted by Crippen LogP contribution is 2.33. The van der Waals surface area contributed by atoms with Crippen LogP contribution in [0.25, 0.3) is 6.08 Å². The maximum absolute atomic E-state index is 12.5. The zero-order valence-corrected chi connectivity index (χ0v) is 14.7. The molecule has 3 rings (SSSR count). The number of hydrogen-bond acceptors (Lipinski definition) is 7. The Labute approximate surface area is 159 Å². The molecular formula is C19H17N2O7-. The largest absolute Gasteiger partial charge is 0.550 e. The van der Waals surface area contributed by atoms with Crippen LogP contribution < -0.4 is 25.2 Å². The lowest BCUT2D eigenvalue weighted by Crippen LogP contribution is -2.35. The van der Waals surface area contributed by atoms with Crippen molar-refractivity contribution in [3.63, 3.8) is 0 Å². The molecule has 0 bridgehead atoms. The van der Waals surface area contributed by atoms with E-state index in [1.54, 1.807) is 24.3 Å². The third-order valence-corrected chi connectivity index (χ3v) is 3.79. The van der Waals surface area contributed by atoms with Crippen LogP contribution in [0.2, 0.25) is 0 Å². The first-order valence-corrected chi connectivity index (χ1v) is 8.47. The molecule has 0 radical (unpaired) electrons. The molecule has 2 N–H and O–H groups in total. The molecular weight excluding hydrogens is 368 g/mol. The van der Waals surface area contributed by atoms with E-state index in [9.17, 15) is 19.5 Å². The zero-order chi connectivity index (χ0) is 19.9. The quantitative estimate of drug-likeness (QED) is 0.498. The van der Waals surface area contributed by atoms with E-state index < -0.39 is 17.8 Å². The van der Waals surface area contributed by atoms with Crippen LogP contribution in [0.15, 0.2) is 46.7 Å². The molecule has 2 aromatic rings. The van der Waals surface area contributed by atoms with Crippen LogP contribution in [0.3, 0.4) is 0 Å². The zero-order valence-electron chi connectivity index (χ0n) is 14.7. The van der Waals surface area contributed by atoms with Crippen molar-refractivity contribution in [3.05, 3.63) is 53.6 Å². The van der Waals surface area contributed by atoms with Crippen LogP contribution in [0, 0.1) is 0 Å². The number of nitrogens with one attached hydrogen (secondary N) is 2. The lowest BCUT2D eigenvalue weighted by atomic mass is 10.1. The molecule has 0 spiro atoms. The molecule has 0 atom stereocenters. The number of furan rings is 1. The first-order chi connectivity index (χ1) is 13.5. The van der Waals surface area contributed by atoms with Gasteiger partial charge in [-0.1, -0.05) is 6.07 Å². The van der Waals surface area contributed by atoms with Gasteiger partial charge in [-0.3, -0.25) is 9.59 Å². The molecule has 1 aromatic heterocycles. The van der Waals surface area contributed by atoms with Crippen LogP contribution in [-0.2, 0) is 9.59 Å². The van der Waals surface area contributed by atoms with Crippen LogP contribution in [0.1, 0.15) is 29.0 Å². The van der Waals surface area contributed by atoms with Crippen LogP contribution in [0.4, 0.5) is 0 Å². The van der Waals surface area contributed by atoms with Crippen molar-refractivity contribution >= 4 is 23.9 Å². The molecule has 0 saturated heterocycles. The van der Waals surface area contributed by atoms with E-state index in [0.29, 0.717) is 17.1 Å². The first-order valence-electron chi connectivity index (χ1n) is 8.47. The summed E-state index contributed by atoms with van der Waals surface area (Å²) in [7, 11) is 0. The van der Waals surface area contributed by atoms with E-state index in [1.165, 1.54) is 18.4 Å². The van der Waals surface area contributed by atoms with E-state index in [2.05, 4.69) is 10.6 Å². The van der Waals surface area contributed by atoms with Gasteiger partial charge in [-0.25, -0.2) is 0 Å². The van der Waals surface area contributed by atoms with Crippen molar-refractivity contribution < 1.29 is 33.4 Å². The van der Waals surface area contributed by atoms with Gasteiger partial charge in [-0.15, -0.1) is 0 Å². The van der Waals surface area contributed by atoms with E-state index >= 15 is 0 Å². The van der Waals surface area contributed by atoms with Gasteiger partial charge in [0, 0.05) is 12.5 Å². The number of carboxylic acids is 1. The summed E-state index contributed by atoms with van der Waals surface area (Å²) in [6.45, 7) is 0.228. The van der Waals surface area contributed by atoms with Crippen LogP contribution >= 0.6 is 0 Å². The third kappa shape index (κ3) is 4.91. The average Bonchev–Trinajstić information content (AvgIpc) is 3.35. The van der Waals surface area contributed by atoms with Crippen molar-refractivity contribution in [1.82, 2.24) is 10.6 Å². The molecule has 28 heavy (non-hydrogen) atoms. The summed E-state index contributed by atoms with van der Waals surface area (Å²) in [6, 6.07) is 8.08. The van der Waals surface area contributed by atoms with Gasteiger partial charge >= 0.3 is 0 Å². The number of ether oxygens (including phenoxy) is 2. The van der Waals surface area contributed by atoms with Gasteiger partial charge in [0.25, 0.3) is 11.8 Å². The Balaban J connectivity index is 1.76. The highest BCUT2D eigenvalue weighted by molar-refractivity contribution is 6.04. The molecule has 146 valence electrons. The van der Waals surface area contributed by atoms with E-state index in [0.717, 1.165) is 0 Å². The fourth-order valence-electron chi connectivity index (χ4n) is 2.45. The minimum atomic E-state index is -1.20. The molecule has 1 aliphatic heterocycles. The number of hydrogen-bond donors (Lipinski definition) is 2. The standard InChI is InChI=1S/C19H18N2O7/c22-17(23)4-1-7-20-18(24)13(21-19(25)15-3-2-8-26-15)9-12-5-6-14-16(10-12)28-11-27-14/h2-3,5-6,8-10H,1,4,7,11H2,(H,20,24)(H,21,25)(H,22,23)/p-1/b13-9-. The number of carbonyl (C=O) groups excluding carboxylic acids is 3. The van der Waals surface area contributed by atoms with E-state index in [-0.39, 0.29) is 37.6 Å². The lowest BCUT2D eigenvalue weighted by molar-refractivity contribution is -0.305. The molecule has 0 fully saturated rings. The highest BCUT2D eigenvalue weighted by Gasteiger charge is 2.17. The van der Waals surface area contributed by atoms with Crippen molar-refractivity contribution in [2.24, 2.45) is 0 Å². The van der Waals surface area contributed by atoms with Crippen LogP contribution in [-0.4, -0.2) is 31.1 Å². The normalized spacial score (nSPS) is 12.5. The van der Waals surface area contributed by atoms with Gasteiger partial charge in [-0.2, -0.15) is 0 Å². The Bertz CT molecular complexity index is 903. The number of carboxylic acid groups (broad SMARTS) is 1. The summed E-state index contributed by atoms with van der Waals surface area (Å²) < 4.78 is 15.6. The topological polar surface area (TPSA) is 130 Å². The Morgan fingerprint density at radius 3 is 2.71 bits per heavy atom. The Morgan fingerprint density at radius 1 is 1.14 bits per heavy atom. The number of fused-ring (bicyclic) bond motifs is 1. The summed E-state index contributed by atoms with van der Waals surface area (Å²) in [5.41, 5.74) is 0.567. The molecule has 9 nitrogen and oxygen atoms in total. The fourth-order valence-corrected chi connectivity index (χ4v) is 2.45. The molecule has 2 amide bonds. The van der Waals surface area contributed by atoms with Gasteiger partial charge in [0.2, 0.25) is 6.79 Å².